The van der Waals surface area contributed by atoms with Gasteiger partial charge in [0, 0.05) is 39.4 Å². The van der Waals surface area contributed by atoms with Gasteiger partial charge >= 0.3 is 0 Å². The number of fused-ring (bicyclic) bond motifs is 12. The second kappa shape index (κ2) is 14.0. The van der Waals surface area contributed by atoms with Gasteiger partial charge in [-0.05, 0) is 126 Å². The molecule has 0 amide bonds. The van der Waals surface area contributed by atoms with Gasteiger partial charge in [-0.15, -0.1) is 0 Å². The number of rotatable bonds is 5. The number of hydrogen-bond donors (Lipinski definition) is 0. The molecule has 13 rings (SSSR count). The Kier molecular flexibility index (Phi) is 7.95. The summed E-state index contributed by atoms with van der Waals surface area (Å²) in [6.07, 6.45) is 4.43. The summed E-state index contributed by atoms with van der Waals surface area (Å²) in [5.41, 5.74) is 13.2. The fourth-order valence-electron chi connectivity index (χ4n) is 10.6. The molecule has 3 nitrogen and oxygen atoms in total. The van der Waals surface area contributed by atoms with E-state index in [0.717, 1.165) is 5.57 Å². The molecule has 2 atom stereocenters. The molecule has 2 unspecified atom stereocenters. The zero-order valence-electron chi connectivity index (χ0n) is 34.8. The molecule has 63 heavy (non-hydrogen) atoms. The Morgan fingerprint density at radius 2 is 0.810 bits per heavy atom. The summed E-state index contributed by atoms with van der Waals surface area (Å²) in [7, 11) is 0. The number of hydrogen-bond acceptors (Lipinski definition) is 1. The first-order valence-corrected chi connectivity index (χ1v) is 22.0. The molecule has 0 fully saturated rings. The van der Waals surface area contributed by atoms with E-state index in [0.29, 0.717) is 0 Å². The quantitative estimate of drug-likeness (QED) is 0.155. The second-order valence-corrected chi connectivity index (χ2v) is 17.1. The third-order valence-corrected chi connectivity index (χ3v) is 13.5. The minimum atomic E-state index is -0.0748. The van der Waals surface area contributed by atoms with Crippen LogP contribution in [0.5, 0.6) is 0 Å². The summed E-state index contributed by atoms with van der Waals surface area (Å²) in [5, 5.41) is 12.8. The van der Waals surface area contributed by atoms with Crippen LogP contribution in [-0.2, 0) is 0 Å². The van der Waals surface area contributed by atoms with Gasteiger partial charge in [0.05, 0.1) is 22.1 Å². The van der Waals surface area contributed by atoms with Gasteiger partial charge in [-0.3, -0.25) is 4.99 Å². The van der Waals surface area contributed by atoms with Crippen molar-refractivity contribution in [1.29, 1.82) is 0 Å². The van der Waals surface area contributed by atoms with Crippen LogP contribution in [0.4, 0.5) is 0 Å². The largest absolute Gasteiger partial charge is 0.317 e. The van der Waals surface area contributed by atoms with E-state index in [4.69, 9.17) is 4.99 Å². The van der Waals surface area contributed by atoms with Crippen molar-refractivity contribution in [2.24, 2.45) is 10.9 Å². The Hall–Kier alpha value is -8.01. The van der Waals surface area contributed by atoms with Crippen molar-refractivity contribution in [1.82, 2.24) is 9.13 Å². The second-order valence-electron chi connectivity index (χ2n) is 17.1. The lowest BCUT2D eigenvalue weighted by Gasteiger charge is -2.26. The zero-order chi connectivity index (χ0) is 41.6. The van der Waals surface area contributed by atoms with Crippen LogP contribution in [0.15, 0.2) is 217 Å². The minimum Gasteiger partial charge on any atom is -0.317 e. The fraction of sp³-hybridized carbons (Fsp3) is 0.0500. The van der Waals surface area contributed by atoms with Gasteiger partial charge in [0.25, 0.3) is 0 Å². The topological polar surface area (TPSA) is 22.2 Å². The average molecular weight is 804 g/mol. The molecule has 1 aliphatic rings. The van der Waals surface area contributed by atoms with Crippen molar-refractivity contribution < 1.29 is 0 Å². The lowest BCUT2D eigenvalue weighted by molar-refractivity contribution is 0.446. The highest BCUT2D eigenvalue weighted by molar-refractivity contribution is 6.26. The van der Waals surface area contributed by atoms with Crippen molar-refractivity contribution in [2.75, 3.05) is 0 Å². The molecule has 0 bridgehead atoms. The lowest BCUT2D eigenvalue weighted by Crippen LogP contribution is -2.17. The zero-order valence-corrected chi connectivity index (χ0v) is 34.8. The van der Waals surface area contributed by atoms with E-state index < -0.39 is 0 Å². The highest BCUT2D eigenvalue weighted by atomic mass is 15.1. The summed E-state index contributed by atoms with van der Waals surface area (Å²) >= 11 is 0. The summed E-state index contributed by atoms with van der Waals surface area (Å²) in [6, 6.07) is 75.6. The Morgan fingerprint density at radius 3 is 1.49 bits per heavy atom. The van der Waals surface area contributed by atoms with Crippen molar-refractivity contribution in [2.45, 2.75) is 13.1 Å². The maximum Gasteiger partial charge on any atom is 0.131 e. The molecule has 12 aromatic rings. The summed E-state index contributed by atoms with van der Waals surface area (Å²) in [5.74, 6) is 0.164. The Bertz CT molecular complexity index is 3850. The number of para-hydroxylation sites is 3. The number of nitrogens with zero attached hydrogens (tertiary/aromatic N) is 3. The lowest BCUT2D eigenvalue weighted by atomic mass is 9.91. The third kappa shape index (κ3) is 5.56. The van der Waals surface area contributed by atoms with Crippen LogP contribution in [0.2, 0.25) is 0 Å². The van der Waals surface area contributed by atoms with Crippen molar-refractivity contribution in [3.8, 4) is 27.9 Å². The highest BCUT2D eigenvalue weighted by Gasteiger charge is 2.25. The van der Waals surface area contributed by atoms with E-state index in [1.807, 2.05) is 0 Å². The van der Waals surface area contributed by atoms with Gasteiger partial charge in [0.15, 0.2) is 0 Å². The van der Waals surface area contributed by atoms with Crippen molar-refractivity contribution >= 4 is 87.7 Å². The average Bonchev–Trinajstić information content (AvgIpc) is 3.86. The summed E-state index contributed by atoms with van der Waals surface area (Å²) in [6.45, 7) is 2.31. The van der Waals surface area contributed by atoms with Crippen LogP contribution in [0.1, 0.15) is 18.7 Å². The standard InChI is InChI=1S/C60H41N3/c1-38-32-44(40-15-13-14-39(33-40)41-26-29-50-48-20-6-5-18-46(48)47-19-7-8-21-49(47)53(50)34-41)37-61-60(38)63-57-25-12-10-23-52(57)55-36-43(28-31-59(55)63)42-27-30-58-54(35-42)51-22-9-11-24-56(51)62(58)45-16-3-2-4-17-45/h2-38,60H,1H3. The third-order valence-electron chi connectivity index (χ3n) is 13.5. The monoisotopic (exact) mass is 803 g/mol. The highest BCUT2D eigenvalue weighted by Crippen LogP contribution is 2.42. The smallest absolute Gasteiger partial charge is 0.131 e. The Morgan fingerprint density at radius 1 is 0.349 bits per heavy atom. The molecule has 3 heteroatoms. The summed E-state index contributed by atoms with van der Waals surface area (Å²) in [4.78, 5) is 5.36. The van der Waals surface area contributed by atoms with Gasteiger partial charge in [-0.25, -0.2) is 0 Å². The number of aliphatic imine (C=N–C) groups is 1. The molecule has 0 spiro atoms. The normalized spacial score (nSPS) is 15.4. The Labute approximate surface area is 365 Å². The van der Waals surface area contributed by atoms with Crippen LogP contribution in [0.3, 0.4) is 0 Å². The Balaban J connectivity index is 0.855. The van der Waals surface area contributed by atoms with Crippen molar-refractivity contribution in [3.63, 3.8) is 0 Å². The van der Waals surface area contributed by atoms with Gasteiger partial charge in [0.2, 0.25) is 0 Å². The number of dihydropyridines is 1. The number of benzene rings is 10. The molecular weight excluding hydrogens is 763 g/mol. The number of aromatic nitrogens is 2. The minimum absolute atomic E-state index is 0.0748. The molecule has 0 saturated heterocycles. The van der Waals surface area contributed by atoms with Crippen LogP contribution < -0.4 is 0 Å². The van der Waals surface area contributed by atoms with Gasteiger partial charge < -0.3 is 9.13 Å². The van der Waals surface area contributed by atoms with E-state index in [9.17, 15) is 0 Å². The van der Waals surface area contributed by atoms with E-state index in [1.165, 1.54) is 109 Å². The molecule has 0 radical (unpaired) electrons. The molecule has 3 heterocycles. The van der Waals surface area contributed by atoms with Gasteiger partial charge in [-0.1, -0.05) is 159 Å². The molecule has 296 valence electrons. The maximum absolute atomic E-state index is 5.36. The summed E-state index contributed by atoms with van der Waals surface area (Å²) < 4.78 is 4.83. The predicted molar refractivity (Wildman–Crippen MR) is 268 cm³/mol. The maximum atomic E-state index is 5.36. The SMILES string of the molecule is CC1C=C(c2cccc(-c3ccc4c5ccccc5c5ccccc5c4c3)c2)C=NC1n1c2ccccc2c2cc(-c3ccc4c(c3)c3ccccc3n4-c3ccccc3)ccc21. The van der Waals surface area contributed by atoms with Crippen LogP contribution in [0.25, 0.3) is 109 Å². The predicted octanol–water partition coefficient (Wildman–Crippen LogP) is 16.0. The fourth-order valence-corrected chi connectivity index (χ4v) is 10.6. The molecular formula is C60H41N3. The first kappa shape index (κ1) is 35.7. The van der Waals surface area contributed by atoms with E-state index in [2.05, 4.69) is 235 Å². The van der Waals surface area contributed by atoms with Gasteiger partial charge in [0.1, 0.15) is 6.17 Å². The molecule has 0 N–H and O–H groups in total. The molecule has 1 aliphatic heterocycles. The van der Waals surface area contributed by atoms with E-state index in [-0.39, 0.29) is 12.1 Å². The van der Waals surface area contributed by atoms with Crippen LogP contribution in [-0.4, -0.2) is 15.3 Å². The van der Waals surface area contributed by atoms with E-state index >= 15 is 0 Å². The number of allylic oxidation sites excluding steroid dienone is 1. The first-order valence-electron chi connectivity index (χ1n) is 22.0. The molecule has 2 aromatic heterocycles. The van der Waals surface area contributed by atoms with E-state index in [1.54, 1.807) is 0 Å². The van der Waals surface area contributed by atoms with Gasteiger partial charge in [-0.2, -0.15) is 0 Å². The molecule has 10 aromatic carbocycles. The van der Waals surface area contributed by atoms with Crippen LogP contribution >= 0.6 is 0 Å². The van der Waals surface area contributed by atoms with Crippen molar-refractivity contribution in [3.05, 3.63) is 218 Å². The van der Waals surface area contributed by atoms with Crippen LogP contribution in [0, 0.1) is 5.92 Å². The molecule has 0 aliphatic carbocycles. The first-order chi connectivity index (χ1) is 31.2. The molecule has 0 saturated carbocycles.